The Kier molecular flexibility index (Phi) is 6.47. The lowest BCUT2D eigenvalue weighted by molar-refractivity contribution is 0.796. The van der Waals surface area contributed by atoms with Gasteiger partial charge in [0, 0.05) is 40.1 Å². The lowest BCUT2D eigenvalue weighted by Gasteiger charge is -2.16. The fourth-order valence-electron chi connectivity index (χ4n) is 9.20. The summed E-state index contributed by atoms with van der Waals surface area (Å²) in [7, 11) is 0. The first-order valence-corrected chi connectivity index (χ1v) is 18.3. The first kappa shape index (κ1) is 29.2. The molecule has 11 rings (SSSR count). The predicted octanol–water partition coefficient (Wildman–Crippen LogP) is 12.4. The molecule has 0 amide bonds. The lowest BCUT2D eigenvalue weighted by Crippen LogP contribution is -2.04. The maximum absolute atomic E-state index is 4.97. The van der Waals surface area contributed by atoms with Crippen molar-refractivity contribution in [2.24, 2.45) is 0 Å². The number of para-hydroxylation sites is 1. The van der Waals surface area contributed by atoms with Gasteiger partial charge in [-0.1, -0.05) is 133 Å². The summed E-state index contributed by atoms with van der Waals surface area (Å²) in [5, 5.41) is 2.57. The number of rotatable bonds is 5. The summed E-state index contributed by atoms with van der Waals surface area (Å²) in [6.07, 6.45) is 2.83. The summed E-state index contributed by atoms with van der Waals surface area (Å²) >= 11 is 0. The monoisotopic (exact) mass is 662 g/mol. The predicted molar refractivity (Wildman–Crippen MR) is 214 cm³/mol. The molecular formula is C50H34N2. The molecule has 0 saturated carbocycles. The molecule has 0 bridgehead atoms. The van der Waals surface area contributed by atoms with Crippen molar-refractivity contribution in [1.82, 2.24) is 9.55 Å². The van der Waals surface area contributed by atoms with Crippen LogP contribution in [0.3, 0.4) is 0 Å². The van der Waals surface area contributed by atoms with Gasteiger partial charge in [0.1, 0.15) is 0 Å². The van der Waals surface area contributed by atoms with Crippen LogP contribution in [-0.2, 0) is 6.42 Å². The number of hydrogen-bond donors (Lipinski definition) is 0. The highest BCUT2D eigenvalue weighted by atomic mass is 15.0. The zero-order chi connectivity index (χ0) is 34.2. The van der Waals surface area contributed by atoms with Crippen molar-refractivity contribution in [3.05, 3.63) is 216 Å². The number of hydrogen-bond acceptors (Lipinski definition) is 1. The first-order chi connectivity index (χ1) is 25.8. The third-order valence-electron chi connectivity index (χ3n) is 11.5. The van der Waals surface area contributed by atoms with Crippen LogP contribution in [0.25, 0.3) is 60.9 Å². The number of nitrogens with zero attached hydrogens (tertiary/aromatic N) is 2. The number of pyridine rings is 1. The molecule has 0 saturated heterocycles. The van der Waals surface area contributed by atoms with E-state index < -0.39 is 0 Å². The molecule has 52 heavy (non-hydrogen) atoms. The maximum Gasteiger partial charge on any atom is 0.0560 e. The Morgan fingerprint density at radius 3 is 2.04 bits per heavy atom. The van der Waals surface area contributed by atoms with E-state index >= 15 is 0 Å². The van der Waals surface area contributed by atoms with E-state index in [1.165, 1.54) is 94.4 Å². The lowest BCUT2D eigenvalue weighted by atomic mass is 9.88. The van der Waals surface area contributed by atoms with Crippen LogP contribution in [0.1, 0.15) is 45.3 Å². The minimum atomic E-state index is 0.198. The molecule has 2 aliphatic carbocycles. The van der Waals surface area contributed by atoms with Crippen molar-refractivity contribution in [2.75, 3.05) is 0 Å². The maximum atomic E-state index is 4.97. The number of aromatic nitrogens is 2. The highest BCUT2D eigenvalue weighted by Gasteiger charge is 2.31. The van der Waals surface area contributed by atoms with Gasteiger partial charge in [0.15, 0.2) is 0 Å². The molecule has 1 unspecified atom stereocenters. The van der Waals surface area contributed by atoms with Crippen LogP contribution < -0.4 is 0 Å². The van der Waals surface area contributed by atoms with Crippen molar-refractivity contribution in [3.8, 4) is 39.1 Å². The van der Waals surface area contributed by atoms with Gasteiger partial charge >= 0.3 is 0 Å². The highest BCUT2D eigenvalue weighted by Crippen LogP contribution is 2.49. The summed E-state index contributed by atoms with van der Waals surface area (Å²) < 4.78 is 2.45. The molecule has 2 heterocycles. The molecule has 9 aromatic rings. The Balaban J connectivity index is 1.00. The summed E-state index contributed by atoms with van der Waals surface area (Å²) in [5.41, 5.74) is 19.3. The van der Waals surface area contributed by atoms with Crippen LogP contribution in [0, 0.1) is 0 Å². The molecule has 0 N–H and O–H groups in total. The van der Waals surface area contributed by atoms with Crippen LogP contribution in [0.4, 0.5) is 0 Å². The van der Waals surface area contributed by atoms with Crippen LogP contribution in [0.15, 0.2) is 182 Å². The molecule has 2 aromatic heterocycles. The molecule has 2 nitrogen and oxygen atoms in total. The largest absolute Gasteiger partial charge is 0.309 e. The van der Waals surface area contributed by atoms with Crippen molar-refractivity contribution >= 4 is 21.8 Å². The molecule has 0 spiro atoms. The van der Waals surface area contributed by atoms with Crippen LogP contribution in [0.5, 0.6) is 0 Å². The number of fused-ring (bicyclic) bond motifs is 9. The molecule has 2 heteroatoms. The van der Waals surface area contributed by atoms with Crippen LogP contribution >= 0.6 is 0 Å². The normalized spacial score (nSPS) is 14.3. The third kappa shape index (κ3) is 4.41. The van der Waals surface area contributed by atoms with Crippen molar-refractivity contribution in [2.45, 2.75) is 18.3 Å². The third-order valence-corrected chi connectivity index (χ3v) is 11.5. The molecule has 1 atom stereocenters. The Bertz CT molecular complexity index is 2800. The molecule has 0 fully saturated rings. The Morgan fingerprint density at radius 2 is 1.19 bits per heavy atom. The average Bonchev–Trinajstić information content (AvgIpc) is 3.84. The van der Waals surface area contributed by atoms with Crippen molar-refractivity contribution < 1.29 is 0 Å². The average molecular weight is 663 g/mol. The van der Waals surface area contributed by atoms with E-state index in [4.69, 9.17) is 4.98 Å². The van der Waals surface area contributed by atoms with Crippen molar-refractivity contribution in [1.29, 1.82) is 0 Å². The molecule has 0 radical (unpaired) electrons. The summed E-state index contributed by atoms with van der Waals surface area (Å²) in [4.78, 5) is 4.97. The van der Waals surface area contributed by atoms with E-state index in [0.29, 0.717) is 0 Å². The number of benzene rings is 7. The van der Waals surface area contributed by atoms with E-state index in [9.17, 15) is 0 Å². The fourth-order valence-corrected chi connectivity index (χ4v) is 9.20. The van der Waals surface area contributed by atoms with Gasteiger partial charge in [-0.2, -0.15) is 0 Å². The van der Waals surface area contributed by atoms with Gasteiger partial charge in [-0.25, -0.2) is 0 Å². The zero-order valence-corrected chi connectivity index (χ0v) is 28.6. The van der Waals surface area contributed by atoms with Crippen LogP contribution in [-0.4, -0.2) is 9.55 Å². The second-order valence-electron chi connectivity index (χ2n) is 14.3. The minimum absolute atomic E-state index is 0.198. The van der Waals surface area contributed by atoms with Gasteiger partial charge < -0.3 is 4.57 Å². The topological polar surface area (TPSA) is 17.8 Å². The van der Waals surface area contributed by atoms with Gasteiger partial charge in [0.2, 0.25) is 0 Å². The quantitative estimate of drug-likeness (QED) is 0.179. The minimum Gasteiger partial charge on any atom is -0.309 e. The van der Waals surface area contributed by atoms with Crippen molar-refractivity contribution in [3.63, 3.8) is 0 Å². The smallest absolute Gasteiger partial charge is 0.0560 e. The summed E-state index contributed by atoms with van der Waals surface area (Å²) in [6, 6.07) is 64.9. The molecule has 7 aromatic carbocycles. The van der Waals surface area contributed by atoms with Gasteiger partial charge in [-0.3, -0.25) is 4.98 Å². The molecular weight excluding hydrogens is 629 g/mol. The summed E-state index contributed by atoms with van der Waals surface area (Å²) in [6.45, 7) is 0. The van der Waals surface area contributed by atoms with E-state index in [1.807, 2.05) is 6.20 Å². The zero-order valence-electron chi connectivity index (χ0n) is 28.6. The van der Waals surface area contributed by atoms with E-state index in [-0.39, 0.29) is 11.8 Å². The van der Waals surface area contributed by atoms with Gasteiger partial charge in [-0.15, -0.1) is 0 Å². The Labute approximate surface area is 303 Å². The van der Waals surface area contributed by atoms with Crippen LogP contribution in [0.2, 0.25) is 0 Å². The SMILES string of the molecule is c1ccc(-c2ccc3c(c2)-c2cccnc2C3Cc2cccc(-n3c4ccccc4c4cc(C5c6ccccc6-c6ccccc65)ccc43)c2)cc1. The molecule has 0 aliphatic heterocycles. The van der Waals surface area contributed by atoms with E-state index in [1.54, 1.807) is 0 Å². The van der Waals surface area contributed by atoms with Gasteiger partial charge in [-0.05, 0) is 105 Å². The van der Waals surface area contributed by atoms with E-state index in [2.05, 4.69) is 180 Å². The first-order valence-electron chi connectivity index (χ1n) is 18.3. The Morgan fingerprint density at radius 1 is 0.462 bits per heavy atom. The second-order valence-corrected chi connectivity index (χ2v) is 14.3. The van der Waals surface area contributed by atoms with Gasteiger partial charge in [0.25, 0.3) is 0 Å². The van der Waals surface area contributed by atoms with Gasteiger partial charge in [0.05, 0.1) is 16.7 Å². The van der Waals surface area contributed by atoms with E-state index in [0.717, 1.165) is 6.42 Å². The standard InChI is InChI=1S/C50H34N2/c1-2-13-33(14-3-1)34-23-25-39-44(30-34)43-21-11-27-51-50(43)46(39)29-32-12-10-15-36(28-32)52-47-22-9-8-18-40(47)45-31-35(24-26-48(45)52)49-41-19-6-4-16-37(41)38-17-5-7-20-42(38)49/h1-28,30-31,46,49H,29H2. The fraction of sp³-hybridized carbons (Fsp3) is 0.0600. The highest BCUT2D eigenvalue weighted by molar-refractivity contribution is 6.09. The second kappa shape index (κ2) is 11.5. The Hall–Kier alpha value is -6.51. The molecule has 244 valence electrons. The summed E-state index contributed by atoms with van der Waals surface area (Å²) in [5.74, 6) is 0.418. The molecule has 2 aliphatic rings.